The second-order valence-electron chi connectivity index (χ2n) is 5.94. The molecule has 102 valence electrons. The Labute approximate surface area is 114 Å². The Bertz CT molecular complexity index is 438. The van der Waals surface area contributed by atoms with Gasteiger partial charge < -0.3 is 5.32 Å². The van der Waals surface area contributed by atoms with Crippen LogP contribution in [0, 0.1) is 6.92 Å². The number of hydrogen-bond donors (Lipinski definition) is 1. The zero-order chi connectivity index (χ0) is 13.5. The van der Waals surface area contributed by atoms with Crippen LogP contribution in [0.5, 0.6) is 0 Å². The number of hydrogen-bond acceptors (Lipinski definition) is 3. The smallest absolute Gasteiger partial charge is 0.0860 e. The molecule has 1 aliphatic heterocycles. The molecule has 0 spiro atoms. The molecule has 0 aromatic carbocycles. The van der Waals surface area contributed by atoms with Gasteiger partial charge in [0.15, 0.2) is 0 Å². The third-order valence-electron chi connectivity index (χ3n) is 3.84. The lowest BCUT2D eigenvalue weighted by molar-refractivity contribution is 0.0604. The largest absolute Gasteiger partial charge is 0.311 e. The average molecular weight is 271 g/mol. The highest BCUT2D eigenvalue weighted by molar-refractivity contribution is 6.31. The van der Waals surface area contributed by atoms with Crippen molar-refractivity contribution in [2.24, 2.45) is 7.05 Å². The molecule has 2 heterocycles. The fourth-order valence-electron chi connectivity index (χ4n) is 2.49. The van der Waals surface area contributed by atoms with Crippen LogP contribution in [-0.4, -0.2) is 39.4 Å². The molecule has 0 aliphatic carbocycles. The van der Waals surface area contributed by atoms with E-state index in [1.807, 2.05) is 18.7 Å². The Balaban J connectivity index is 2.21. The minimum Gasteiger partial charge on any atom is -0.311 e. The molecule has 1 fully saturated rings. The van der Waals surface area contributed by atoms with Gasteiger partial charge in [0.25, 0.3) is 0 Å². The van der Waals surface area contributed by atoms with E-state index in [1.54, 1.807) is 0 Å². The van der Waals surface area contributed by atoms with Crippen molar-refractivity contribution in [3.8, 4) is 0 Å². The van der Waals surface area contributed by atoms with Gasteiger partial charge in [0.1, 0.15) is 0 Å². The van der Waals surface area contributed by atoms with Gasteiger partial charge in [-0.25, -0.2) is 0 Å². The highest BCUT2D eigenvalue weighted by Crippen LogP contribution is 2.26. The number of rotatable bonds is 2. The Hall–Kier alpha value is -0.580. The van der Waals surface area contributed by atoms with Crippen LogP contribution in [0.1, 0.15) is 32.2 Å². The van der Waals surface area contributed by atoms with Gasteiger partial charge in [-0.3, -0.25) is 9.58 Å². The van der Waals surface area contributed by atoms with E-state index in [2.05, 4.69) is 36.1 Å². The molecule has 1 unspecified atom stereocenters. The van der Waals surface area contributed by atoms with Crippen LogP contribution in [0.2, 0.25) is 5.02 Å². The van der Waals surface area contributed by atoms with Crippen molar-refractivity contribution in [1.29, 1.82) is 0 Å². The molecule has 1 aromatic heterocycles. The summed E-state index contributed by atoms with van der Waals surface area (Å²) >= 11 is 6.34. The lowest BCUT2D eigenvalue weighted by atomic mass is 9.97. The Morgan fingerprint density at radius 2 is 2.17 bits per heavy atom. The first-order valence-electron chi connectivity index (χ1n) is 6.47. The molecule has 1 N–H and O–H groups in total. The van der Waals surface area contributed by atoms with Crippen molar-refractivity contribution in [2.45, 2.75) is 45.8 Å². The third kappa shape index (κ3) is 2.56. The fourth-order valence-corrected chi connectivity index (χ4v) is 2.71. The van der Waals surface area contributed by atoms with Gasteiger partial charge >= 0.3 is 0 Å². The summed E-state index contributed by atoms with van der Waals surface area (Å²) in [5.41, 5.74) is 2.17. The number of nitrogens with one attached hydrogen (secondary N) is 1. The monoisotopic (exact) mass is 270 g/mol. The van der Waals surface area contributed by atoms with Crippen LogP contribution in [0.15, 0.2) is 0 Å². The molecule has 1 atom stereocenters. The molecule has 0 bridgehead atoms. The van der Waals surface area contributed by atoms with Crippen LogP contribution in [0.4, 0.5) is 0 Å². The molecule has 18 heavy (non-hydrogen) atoms. The predicted molar refractivity (Wildman–Crippen MR) is 74.9 cm³/mol. The van der Waals surface area contributed by atoms with Crippen molar-refractivity contribution in [1.82, 2.24) is 20.0 Å². The van der Waals surface area contributed by atoms with Crippen LogP contribution >= 0.6 is 11.6 Å². The molecule has 5 heteroatoms. The summed E-state index contributed by atoms with van der Waals surface area (Å²) in [6, 6.07) is 0.520. The predicted octanol–water partition coefficient (Wildman–Crippen LogP) is 1.95. The van der Waals surface area contributed by atoms with Gasteiger partial charge in [0.05, 0.1) is 16.4 Å². The first-order valence-corrected chi connectivity index (χ1v) is 6.85. The number of aromatic nitrogens is 2. The SMILES string of the molecule is Cc1nn(C)c(CN2CC(C)NCC2(C)C)c1Cl. The summed E-state index contributed by atoms with van der Waals surface area (Å²) in [6.07, 6.45) is 0. The van der Waals surface area contributed by atoms with Crippen LogP contribution in [0.3, 0.4) is 0 Å². The van der Waals surface area contributed by atoms with E-state index in [0.29, 0.717) is 6.04 Å². The van der Waals surface area contributed by atoms with E-state index in [0.717, 1.165) is 36.0 Å². The molecule has 4 nitrogen and oxygen atoms in total. The van der Waals surface area contributed by atoms with E-state index < -0.39 is 0 Å². The number of aryl methyl sites for hydroxylation is 2. The quantitative estimate of drug-likeness (QED) is 0.892. The second-order valence-corrected chi connectivity index (χ2v) is 6.32. The van der Waals surface area contributed by atoms with Crippen LogP contribution < -0.4 is 5.32 Å². The molecule has 1 aliphatic rings. The summed E-state index contributed by atoms with van der Waals surface area (Å²) in [5.74, 6) is 0. The second kappa shape index (κ2) is 4.83. The standard InChI is InChI=1S/C13H23ClN4/c1-9-6-18(13(3,4)8-15-9)7-11-12(14)10(2)16-17(11)5/h9,15H,6-8H2,1-5H3. The van der Waals surface area contributed by atoms with E-state index >= 15 is 0 Å². The molecule has 1 saturated heterocycles. The maximum absolute atomic E-state index is 6.34. The number of nitrogens with zero attached hydrogens (tertiary/aromatic N) is 3. The number of halogens is 1. The van der Waals surface area contributed by atoms with E-state index in [-0.39, 0.29) is 5.54 Å². The molecule has 0 radical (unpaired) electrons. The van der Waals surface area contributed by atoms with Gasteiger partial charge in [-0.15, -0.1) is 0 Å². The molecule has 1 aromatic rings. The first-order chi connectivity index (χ1) is 8.31. The van der Waals surface area contributed by atoms with Gasteiger partial charge in [-0.05, 0) is 27.7 Å². The van der Waals surface area contributed by atoms with Crippen molar-refractivity contribution in [3.63, 3.8) is 0 Å². The highest BCUT2D eigenvalue weighted by atomic mass is 35.5. The summed E-state index contributed by atoms with van der Waals surface area (Å²) in [6.45, 7) is 11.6. The van der Waals surface area contributed by atoms with E-state index in [9.17, 15) is 0 Å². The lowest BCUT2D eigenvalue weighted by Gasteiger charge is -2.45. The van der Waals surface area contributed by atoms with Gasteiger partial charge in [0, 0.05) is 38.3 Å². The normalized spacial score (nSPS) is 24.4. The molecule has 0 amide bonds. The van der Waals surface area contributed by atoms with Gasteiger partial charge in [-0.2, -0.15) is 5.10 Å². The number of piperazine rings is 1. The lowest BCUT2D eigenvalue weighted by Crippen LogP contribution is -2.60. The maximum Gasteiger partial charge on any atom is 0.0860 e. The minimum absolute atomic E-state index is 0.147. The fraction of sp³-hybridized carbons (Fsp3) is 0.769. The maximum atomic E-state index is 6.34. The summed E-state index contributed by atoms with van der Waals surface area (Å²) in [5, 5.41) is 8.72. The summed E-state index contributed by atoms with van der Waals surface area (Å²) in [7, 11) is 1.97. The third-order valence-corrected chi connectivity index (χ3v) is 4.33. The van der Waals surface area contributed by atoms with Crippen molar-refractivity contribution < 1.29 is 0 Å². The van der Waals surface area contributed by atoms with E-state index in [1.165, 1.54) is 0 Å². The van der Waals surface area contributed by atoms with E-state index in [4.69, 9.17) is 11.6 Å². The van der Waals surface area contributed by atoms with Gasteiger partial charge in [0.2, 0.25) is 0 Å². The molecule has 2 rings (SSSR count). The van der Waals surface area contributed by atoms with Crippen molar-refractivity contribution in [2.75, 3.05) is 13.1 Å². The Kier molecular flexibility index (Phi) is 3.72. The minimum atomic E-state index is 0.147. The Morgan fingerprint density at radius 3 is 2.72 bits per heavy atom. The van der Waals surface area contributed by atoms with Crippen LogP contribution in [-0.2, 0) is 13.6 Å². The van der Waals surface area contributed by atoms with Crippen LogP contribution in [0.25, 0.3) is 0 Å². The summed E-state index contributed by atoms with van der Waals surface area (Å²) < 4.78 is 1.90. The zero-order valence-corrected chi connectivity index (χ0v) is 12.7. The summed E-state index contributed by atoms with van der Waals surface area (Å²) in [4.78, 5) is 2.48. The van der Waals surface area contributed by atoms with Crippen molar-refractivity contribution >= 4 is 11.6 Å². The van der Waals surface area contributed by atoms with Gasteiger partial charge in [-0.1, -0.05) is 11.6 Å². The Morgan fingerprint density at radius 1 is 1.50 bits per heavy atom. The molecule has 0 saturated carbocycles. The van der Waals surface area contributed by atoms with Crippen molar-refractivity contribution in [3.05, 3.63) is 16.4 Å². The highest BCUT2D eigenvalue weighted by Gasteiger charge is 2.33. The first kappa shape index (κ1) is 13.8. The topological polar surface area (TPSA) is 33.1 Å². The zero-order valence-electron chi connectivity index (χ0n) is 11.9. The molecular formula is C13H23ClN4. The molecular weight excluding hydrogens is 248 g/mol. The average Bonchev–Trinajstić information content (AvgIpc) is 2.51.